The zero-order valence-electron chi connectivity index (χ0n) is 13.8. The van der Waals surface area contributed by atoms with Crippen LogP contribution in [0.5, 0.6) is 0 Å². The van der Waals surface area contributed by atoms with E-state index in [0.29, 0.717) is 19.8 Å². The molecule has 0 atom stereocenters. The summed E-state index contributed by atoms with van der Waals surface area (Å²) >= 11 is 0. The van der Waals surface area contributed by atoms with E-state index in [1.165, 1.54) is 0 Å². The Morgan fingerprint density at radius 1 is 1.41 bits per heavy atom. The van der Waals surface area contributed by atoms with Crippen LogP contribution in [0, 0.1) is 6.92 Å². The summed E-state index contributed by atoms with van der Waals surface area (Å²) < 4.78 is 8.85. The van der Waals surface area contributed by atoms with E-state index in [-0.39, 0.29) is 18.5 Å². The molecule has 0 saturated heterocycles. The van der Waals surface area contributed by atoms with Gasteiger partial charge in [0.05, 0.1) is 11.9 Å². The molecule has 0 radical (unpaired) electrons. The molecular weight excluding hydrogens is 282 g/mol. The predicted octanol–water partition coefficient (Wildman–Crippen LogP) is 1.66. The Morgan fingerprint density at radius 2 is 2.18 bits per heavy atom. The smallest absolute Gasteiger partial charge is 0.241 e. The van der Waals surface area contributed by atoms with Crippen LogP contribution in [-0.2, 0) is 16.1 Å². The van der Waals surface area contributed by atoms with Gasteiger partial charge in [0.1, 0.15) is 17.6 Å². The average molecular weight is 307 g/mol. The first-order chi connectivity index (χ1) is 10.5. The van der Waals surface area contributed by atoms with E-state index in [1.54, 1.807) is 4.68 Å². The average Bonchev–Trinajstić information content (AvgIpc) is 2.99. The van der Waals surface area contributed by atoms with Crippen LogP contribution in [0.15, 0.2) is 6.20 Å². The number of hydrogen-bond donors (Lipinski definition) is 1. The summed E-state index contributed by atoms with van der Waals surface area (Å²) in [6, 6.07) is 0.265. The maximum Gasteiger partial charge on any atom is 0.241 e. The summed E-state index contributed by atoms with van der Waals surface area (Å²) in [7, 11) is 0. The van der Waals surface area contributed by atoms with Crippen LogP contribution in [0.2, 0.25) is 0 Å². The summed E-state index contributed by atoms with van der Waals surface area (Å²) in [6.45, 7) is 10.3. The fourth-order valence-electron chi connectivity index (χ4n) is 2.32. The minimum Gasteiger partial charge on any atom is -0.382 e. The number of rotatable bonds is 8. The third-order valence-electron chi connectivity index (χ3n) is 3.38. The van der Waals surface area contributed by atoms with Gasteiger partial charge in [-0.1, -0.05) is 0 Å². The highest BCUT2D eigenvalue weighted by atomic mass is 16.5. The number of ether oxygens (including phenoxy) is 1. The molecule has 2 heterocycles. The van der Waals surface area contributed by atoms with Gasteiger partial charge in [-0.05, 0) is 34.1 Å². The highest BCUT2D eigenvalue weighted by Crippen LogP contribution is 2.19. The lowest BCUT2D eigenvalue weighted by atomic mass is 10.3. The Labute approximate surface area is 130 Å². The number of carbonyl (C=O) groups is 1. The summed E-state index contributed by atoms with van der Waals surface area (Å²) in [5, 5.41) is 11.8. The molecular formula is C15H25N5O2. The molecule has 0 fully saturated rings. The predicted molar refractivity (Wildman–Crippen MR) is 84.8 cm³/mol. The summed E-state index contributed by atoms with van der Waals surface area (Å²) in [5.41, 5.74) is 2.72. The lowest BCUT2D eigenvalue weighted by Crippen LogP contribution is -2.29. The monoisotopic (exact) mass is 307 g/mol. The van der Waals surface area contributed by atoms with Gasteiger partial charge in [-0.2, -0.15) is 10.2 Å². The van der Waals surface area contributed by atoms with Crippen molar-refractivity contribution in [3.63, 3.8) is 0 Å². The molecule has 1 amide bonds. The van der Waals surface area contributed by atoms with Gasteiger partial charge in [-0.25, -0.2) is 0 Å². The van der Waals surface area contributed by atoms with Gasteiger partial charge < -0.3 is 10.1 Å². The minimum atomic E-state index is -0.0386. The van der Waals surface area contributed by atoms with Gasteiger partial charge in [0.25, 0.3) is 0 Å². The van der Waals surface area contributed by atoms with Crippen molar-refractivity contribution in [2.24, 2.45) is 0 Å². The molecule has 1 N–H and O–H groups in total. The van der Waals surface area contributed by atoms with Crippen LogP contribution in [0.4, 0.5) is 0 Å². The zero-order valence-corrected chi connectivity index (χ0v) is 13.8. The van der Waals surface area contributed by atoms with Crippen molar-refractivity contribution >= 4 is 16.9 Å². The number of fused-ring (bicyclic) bond motifs is 1. The Hall–Kier alpha value is -1.89. The normalized spacial score (nSPS) is 11.5. The van der Waals surface area contributed by atoms with E-state index in [4.69, 9.17) is 4.74 Å². The second-order valence-electron chi connectivity index (χ2n) is 5.58. The lowest BCUT2D eigenvalue weighted by molar-refractivity contribution is -0.121. The van der Waals surface area contributed by atoms with E-state index in [1.807, 2.05) is 24.7 Å². The second-order valence-corrected chi connectivity index (χ2v) is 5.58. The van der Waals surface area contributed by atoms with Crippen molar-refractivity contribution in [2.45, 2.75) is 46.7 Å². The quantitative estimate of drug-likeness (QED) is 0.753. The molecule has 0 aromatic carbocycles. The van der Waals surface area contributed by atoms with E-state index < -0.39 is 0 Å². The fourth-order valence-corrected chi connectivity index (χ4v) is 2.32. The molecule has 0 aliphatic rings. The molecule has 0 saturated carbocycles. The standard InChI is InChI=1S/C15H25N5O2/c1-5-22-8-6-7-16-14(21)10-19-9-13-15(18-19)12(4)17-20(13)11(2)3/h9,11H,5-8,10H2,1-4H3,(H,16,21). The minimum absolute atomic E-state index is 0.0386. The SMILES string of the molecule is CCOCCCNC(=O)Cn1cc2c(n1)c(C)nn2C(C)C. The molecule has 22 heavy (non-hydrogen) atoms. The van der Waals surface area contributed by atoms with E-state index in [2.05, 4.69) is 29.4 Å². The van der Waals surface area contributed by atoms with Gasteiger partial charge in [0.2, 0.25) is 5.91 Å². The van der Waals surface area contributed by atoms with Crippen LogP contribution >= 0.6 is 0 Å². The highest BCUT2D eigenvalue weighted by Gasteiger charge is 2.14. The zero-order chi connectivity index (χ0) is 16.1. The number of amides is 1. The third-order valence-corrected chi connectivity index (χ3v) is 3.38. The van der Waals surface area contributed by atoms with Crippen molar-refractivity contribution in [1.29, 1.82) is 0 Å². The Balaban J connectivity index is 1.94. The van der Waals surface area contributed by atoms with Gasteiger partial charge in [0.15, 0.2) is 0 Å². The van der Waals surface area contributed by atoms with Gasteiger partial charge in [-0.15, -0.1) is 0 Å². The molecule has 0 unspecified atom stereocenters. The first-order valence-corrected chi connectivity index (χ1v) is 7.79. The summed E-state index contributed by atoms with van der Waals surface area (Å²) in [4.78, 5) is 11.9. The fraction of sp³-hybridized carbons (Fsp3) is 0.667. The van der Waals surface area contributed by atoms with E-state index in [9.17, 15) is 4.79 Å². The van der Waals surface area contributed by atoms with Crippen molar-refractivity contribution < 1.29 is 9.53 Å². The van der Waals surface area contributed by atoms with Crippen molar-refractivity contribution in [2.75, 3.05) is 19.8 Å². The van der Waals surface area contributed by atoms with Crippen LogP contribution in [-0.4, -0.2) is 45.2 Å². The number of nitrogens with zero attached hydrogens (tertiary/aromatic N) is 4. The molecule has 0 aliphatic heterocycles. The largest absolute Gasteiger partial charge is 0.382 e. The van der Waals surface area contributed by atoms with Crippen molar-refractivity contribution in [3.05, 3.63) is 11.9 Å². The van der Waals surface area contributed by atoms with Crippen molar-refractivity contribution in [1.82, 2.24) is 24.9 Å². The van der Waals surface area contributed by atoms with Gasteiger partial charge in [0, 0.05) is 25.8 Å². The van der Waals surface area contributed by atoms with E-state index >= 15 is 0 Å². The van der Waals surface area contributed by atoms with Crippen LogP contribution in [0.1, 0.15) is 38.9 Å². The molecule has 0 spiro atoms. The number of aromatic nitrogens is 4. The first kappa shape index (κ1) is 16.5. The Morgan fingerprint density at radius 3 is 2.86 bits per heavy atom. The van der Waals surface area contributed by atoms with Crippen LogP contribution < -0.4 is 5.32 Å². The lowest BCUT2D eigenvalue weighted by Gasteiger charge is -2.06. The number of hydrogen-bond acceptors (Lipinski definition) is 4. The highest BCUT2D eigenvalue weighted by molar-refractivity contribution is 5.79. The number of aryl methyl sites for hydroxylation is 1. The van der Waals surface area contributed by atoms with Gasteiger partial charge >= 0.3 is 0 Å². The summed E-state index contributed by atoms with van der Waals surface area (Å²) in [5.74, 6) is -0.0386. The topological polar surface area (TPSA) is 74.0 Å². The maximum atomic E-state index is 11.9. The third kappa shape index (κ3) is 3.85. The molecule has 2 aromatic heterocycles. The Kier molecular flexibility index (Phi) is 5.54. The number of carbonyl (C=O) groups excluding carboxylic acids is 1. The van der Waals surface area contributed by atoms with E-state index in [0.717, 1.165) is 23.1 Å². The number of nitrogens with one attached hydrogen (secondary N) is 1. The van der Waals surface area contributed by atoms with Crippen LogP contribution in [0.3, 0.4) is 0 Å². The molecule has 122 valence electrons. The van der Waals surface area contributed by atoms with Crippen LogP contribution in [0.25, 0.3) is 11.0 Å². The summed E-state index contributed by atoms with van der Waals surface area (Å²) in [6.07, 6.45) is 2.71. The molecule has 0 bridgehead atoms. The second kappa shape index (κ2) is 7.40. The van der Waals surface area contributed by atoms with Gasteiger partial charge in [-0.3, -0.25) is 14.2 Å². The Bertz CT molecular complexity index is 629. The van der Waals surface area contributed by atoms with Crippen molar-refractivity contribution in [3.8, 4) is 0 Å². The molecule has 7 nitrogen and oxygen atoms in total. The molecule has 2 aromatic rings. The molecule has 0 aliphatic carbocycles. The molecule has 7 heteroatoms. The first-order valence-electron chi connectivity index (χ1n) is 7.79. The molecule has 2 rings (SSSR count). The maximum absolute atomic E-state index is 11.9.